The Morgan fingerprint density at radius 2 is 1.81 bits per heavy atom. The summed E-state index contributed by atoms with van der Waals surface area (Å²) in [6.07, 6.45) is 5.56. The number of nitrogens with one attached hydrogen (secondary N) is 1. The highest BCUT2D eigenvalue weighted by Crippen LogP contribution is 2.25. The van der Waals surface area contributed by atoms with E-state index >= 15 is 0 Å². The maximum absolute atomic E-state index is 4.12. The van der Waals surface area contributed by atoms with Crippen LogP contribution in [0.4, 0.5) is 5.69 Å². The summed E-state index contributed by atoms with van der Waals surface area (Å²) in [5, 5.41) is 3.59. The van der Waals surface area contributed by atoms with Crippen LogP contribution in [0.3, 0.4) is 0 Å². The Morgan fingerprint density at radius 1 is 1.05 bits per heavy atom. The number of para-hydroxylation sites is 2. The standard InChI is InChI=1S/C18H19N3/c1-14-7-9-16(10-8-14)15(2)20-17-5-3-4-6-18(17)21-12-11-19-13-21/h3-13,15,20H,1-2H3. The van der Waals surface area contributed by atoms with Crippen LogP contribution in [0.2, 0.25) is 0 Å². The second kappa shape index (κ2) is 5.83. The van der Waals surface area contributed by atoms with Crippen molar-refractivity contribution in [2.45, 2.75) is 19.9 Å². The van der Waals surface area contributed by atoms with Gasteiger partial charge >= 0.3 is 0 Å². The Bertz CT molecular complexity index is 700. The molecule has 3 rings (SSSR count). The third-order valence-corrected chi connectivity index (χ3v) is 3.64. The molecule has 2 aromatic carbocycles. The first-order chi connectivity index (χ1) is 10.2. The highest BCUT2D eigenvalue weighted by Gasteiger charge is 2.08. The summed E-state index contributed by atoms with van der Waals surface area (Å²) >= 11 is 0. The molecule has 106 valence electrons. The van der Waals surface area contributed by atoms with Crippen LogP contribution in [-0.4, -0.2) is 9.55 Å². The molecule has 0 aliphatic rings. The van der Waals surface area contributed by atoms with Gasteiger partial charge in [-0.25, -0.2) is 4.98 Å². The van der Waals surface area contributed by atoms with Crippen molar-refractivity contribution in [1.82, 2.24) is 9.55 Å². The average molecular weight is 277 g/mol. The van der Waals surface area contributed by atoms with Gasteiger partial charge in [0.05, 0.1) is 17.7 Å². The zero-order valence-corrected chi connectivity index (χ0v) is 12.3. The van der Waals surface area contributed by atoms with Crippen molar-refractivity contribution in [1.29, 1.82) is 0 Å². The molecule has 0 amide bonds. The third kappa shape index (κ3) is 2.97. The van der Waals surface area contributed by atoms with E-state index in [9.17, 15) is 0 Å². The van der Waals surface area contributed by atoms with Crippen molar-refractivity contribution in [3.63, 3.8) is 0 Å². The molecule has 3 heteroatoms. The minimum atomic E-state index is 0.246. The van der Waals surface area contributed by atoms with Gasteiger partial charge in [-0.2, -0.15) is 0 Å². The van der Waals surface area contributed by atoms with E-state index in [1.54, 1.807) is 6.20 Å². The van der Waals surface area contributed by atoms with Gasteiger partial charge in [-0.05, 0) is 31.5 Å². The van der Waals surface area contributed by atoms with Crippen molar-refractivity contribution in [2.24, 2.45) is 0 Å². The largest absolute Gasteiger partial charge is 0.377 e. The second-order valence-corrected chi connectivity index (χ2v) is 5.26. The molecule has 1 heterocycles. The molecule has 1 N–H and O–H groups in total. The van der Waals surface area contributed by atoms with Crippen molar-refractivity contribution in [2.75, 3.05) is 5.32 Å². The van der Waals surface area contributed by atoms with Gasteiger partial charge in [0.25, 0.3) is 0 Å². The lowest BCUT2D eigenvalue weighted by Crippen LogP contribution is -2.09. The number of hydrogen-bond donors (Lipinski definition) is 1. The quantitative estimate of drug-likeness (QED) is 0.768. The first kappa shape index (κ1) is 13.4. The molecular weight excluding hydrogens is 258 g/mol. The van der Waals surface area contributed by atoms with Gasteiger partial charge in [-0.3, -0.25) is 0 Å². The van der Waals surface area contributed by atoms with Crippen molar-refractivity contribution in [3.05, 3.63) is 78.4 Å². The van der Waals surface area contributed by atoms with E-state index in [1.165, 1.54) is 11.1 Å². The van der Waals surface area contributed by atoms with Gasteiger partial charge in [0.15, 0.2) is 0 Å². The molecule has 0 saturated heterocycles. The summed E-state index contributed by atoms with van der Waals surface area (Å²) in [5.41, 5.74) is 4.77. The lowest BCUT2D eigenvalue weighted by atomic mass is 10.1. The fourth-order valence-electron chi connectivity index (χ4n) is 2.39. The molecule has 0 fully saturated rings. The predicted molar refractivity (Wildman–Crippen MR) is 86.8 cm³/mol. The minimum absolute atomic E-state index is 0.246. The molecule has 1 atom stereocenters. The van der Waals surface area contributed by atoms with Gasteiger partial charge in [-0.1, -0.05) is 42.0 Å². The monoisotopic (exact) mass is 277 g/mol. The summed E-state index contributed by atoms with van der Waals surface area (Å²) in [7, 11) is 0. The highest BCUT2D eigenvalue weighted by molar-refractivity contribution is 5.61. The lowest BCUT2D eigenvalue weighted by molar-refractivity contribution is 0.879. The van der Waals surface area contributed by atoms with Crippen molar-refractivity contribution in [3.8, 4) is 5.69 Å². The van der Waals surface area contributed by atoms with Crippen molar-refractivity contribution < 1.29 is 0 Å². The number of nitrogens with zero attached hydrogens (tertiary/aromatic N) is 2. The maximum atomic E-state index is 4.12. The molecule has 0 spiro atoms. The van der Waals surface area contributed by atoms with E-state index in [1.807, 2.05) is 29.2 Å². The zero-order chi connectivity index (χ0) is 14.7. The minimum Gasteiger partial charge on any atom is -0.377 e. The number of benzene rings is 2. The van der Waals surface area contributed by atoms with Crippen LogP contribution < -0.4 is 5.32 Å². The van der Waals surface area contributed by atoms with E-state index in [0.29, 0.717) is 0 Å². The first-order valence-electron chi connectivity index (χ1n) is 7.14. The van der Waals surface area contributed by atoms with Crippen LogP contribution in [0.1, 0.15) is 24.1 Å². The molecule has 21 heavy (non-hydrogen) atoms. The molecule has 3 aromatic rings. The predicted octanol–water partition coefficient (Wildman–Crippen LogP) is 4.35. The molecule has 1 unspecified atom stereocenters. The van der Waals surface area contributed by atoms with Crippen LogP contribution in [0, 0.1) is 6.92 Å². The van der Waals surface area contributed by atoms with E-state index in [4.69, 9.17) is 0 Å². The lowest BCUT2D eigenvalue weighted by Gasteiger charge is -2.19. The maximum Gasteiger partial charge on any atom is 0.0992 e. The molecule has 0 saturated carbocycles. The Morgan fingerprint density at radius 3 is 2.52 bits per heavy atom. The first-order valence-corrected chi connectivity index (χ1v) is 7.14. The van der Waals surface area contributed by atoms with Gasteiger partial charge < -0.3 is 9.88 Å². The SMILES string of the molecule is Cc1ccc(C(C)Nc2ccccc2-n2ccnc2)cc1. The molecule has 0 aliphatic carbocycles. The summed E-state index contributed by atoms with van der Waals surface area (Å²) in [4.78, 5) is 4.12. The van der Waals surface area contributed by atoms with Gasteiger partial charge in [0.2, 0.25) is 0 Å². The third-order valence-electron chi connectivity index (χ3n) is 3.64. The van der Waals surface area contributed by atoms with Gasteiger partial charge in [0.1, 0.15) is 0 Å². The summed E-state index contributed by atoms with van der Waals surface area (Å²) in [6.45, 7) is 4.28. The fourth-order valence-corrected chi connectivity index (χ4v) is 2.39. The fraction of sp³-hybridized carbons (Fsp3) is 0.167. The molecule has 0 radical (unpaired) electrons. The molecule has 0 aliphatic heterocycles. The summed E-state index contributed by atoms with van der Waals surface area (Å²) in [6, 6.07) is 17.2. The topological polar surface area (TPSA) is 29.9 Å². The summed E-state index contributed by atoms with van der Waals surface area (Å²) < 4.78 is 2.02. The Balaban J connectivity index is 1.86. The van der Waals surface area contributed by atoms with E-state index in [2.05, 4.69) is 60.5 Å². The summed E-state index contributed by atoms with van der Waals surface area (Å²) in [5.74, 6) is 0. The number of aryl methyl sites for hydroxylation is 1. The van der Waals surface area contributed by atoms with E-state index in [0.717, 1.165) is 11.4 Å². The molecule has 0 bridgehead atoms. The number of aromatic nitrogens is 2. The second-order valence-electron chi connectivity index (χ2n) is 5.26. The molecule has 3 nitrogen and oxygen atoms in total. The Labute approximate surface area is 125 Å². The van der Waals surface area contributed by atoms with Crippen molar-refractivity contribution >= 4 is 5.69 Å². The Kier molecular flexibility index (Phi) is 3.73. The van der Waals surface area contributed by atoms with Gasteiger partial charge in [0, 0.05) is 18.4 Å². The molecule has 1 aromatic heterocycles. The van der Waals surface area contributed by atoms with E-state index in [-0.39, 0.29) is 6.04 Å². The van der Waals surface area contributed by atoms with Gasteiger partial charge in [-0.15, -0.1) is 0 Å². The zero-order valence-electron chi connectivity index (χ0n) is 12.3. The number of hydrogen-bond acceptors (Lipinski definition) is 2. The van der Waals surface area contributed by atoms with E-state index < -0.39 is 0 Å². The van der Waals surface area contributed by atoms with Crippen LogP contribution >= 0.6 is 0 Å². The van der Waals surface area contributed by atoms with Crippen LogP contribution in [-0.2, 0) is 0 Å². The number of imidazole rings is 1. The number of anilines is 1. The van der Waals surface area contributed by atoms with Crippen LogP contribution in [0.5, 0.6) is 0 Å². The highest BCUT2D eigenvalue weighted by atomic mass is 15.1. The average Bonchev–Trinajstić information content (AvgIpc) is 3.02. The molecular formula is C18H19N3. The van der Waals surface area contributed by atoms with Crippen LogP contribution in [0.15, 0.2) is 67.3 Å². The normalized spacial score (nSPS) is 12.1. The number of rotatable bonds is 4. The smallest absolute Gasteiger partial charge is 0.0992 e. The Hall–Kier alpha value is -2.55. The van der Waals surface area contributed by atoms with Crippen LogP contribution in [0.25, 0.3) is 5.69 Å².